The zero-order chi connectivity index (χ0) is 18.5. The lowest BCUT2D eigenvalue weighted by Gasteiger charge is -2.22. The fourth-order valence-corrected chi connectivity index (χ4v) is 3.11. The number of rotatable bonds is 8. The highest BCUT2D eigenvalue weighted by Gasteiger charge is 2.43. The number of benzene rings is 2. The number of aliphatic carboxylic acids is 1. The van der Waals surface area contributed by atoms with Crippen molar-refractivity contribution in [2.75, 3.05) is 6.26 Å². The minimum atomic E-state index is -3.70. The molecule has 0 radical (unpaired) electrons. The summed E-state index contributed by atoms with van der Waals surface area (Å²) < 4.78 is 27.5. The smallest absolute Gasteiger partial charge is 0.324 e. The van der Waals surface area contributed by atoms with E-state index in [2.05, 4.69) is 0 Å². The zero-order valence-corrected chi connectivity index (χ0v) is 15.1. The first-order valence-electron chi connectivity index (χ1n) is 7.91. The standard InChI is InChI=1S/C19H22O5S/c1-19(18(20)21,25(2,22)23)13-12-15-8-10-16(11-9-15)14-24-17-6-4-3-5-7-17/h3-11H,12-14H2,1-2H3,(H,20,21). The molecular weight excluding hydrogens is 340 g/mol. The third-order valence-corrected chi connectivity index (χ3v) is 6.35. The summed E-state index contributed by atoms with van der Waals surface area (Å²) in [6.07, 6.45) is 1.36. The Balaban J connectivity index is 1.97. The van der Waals surface area contributed by atoms with E-state index in [0.717, 1.165) is 23.1 Å². The van der Waals surface area contributed by atoms with Gasteiger partial charge in [-0.2, -0.15) is 0 Å². The van der Waals surface area contributed by atoms with Gasteiger partial charge >= 0.3 is 5.97 Å². The Morgan fingerprint density at radius 1 is 1.04 bits per heavy atom. The summed E-state index contributed by atoms with van der Waals surface area (Å²) in [6.45, 7) is 1.69. The number of hydrogen-bond donors (Lipinski definition) is 1. The Morgan fingerprint density at radius 3 is 2.12 bits per heavy atom. The molecule has 25 heavy (non-hydrogen) atoms. The van der Waals surface area contributed by atoms with Crippen LogP contribution in [0, 0.1) is 0 Å². The second kappa shape index (κ2) is 7.70. The van der Waals surface area contributed by atoms with E-state index in [-0.39, 0.29) is 6.42 Å². The Labute approximate surface area is 148 Å². The van der Waals surface area contributed by atoms with Crippen LogP contribution in [-0.2, 0) is 27.7 Å². The molecule has 0 aromatic heterocycles. The summed E-state index contributed by atoms with van der Waals surface area (Å²) in [5.74, 6) is -0.528. The highest BCUT2D eigenvalue weighted by atomic mass is 32.2. The molecule has 0 aliphatic rings. The highest BCUT2D eigenvalue weighted by molar-refractivity contribution is 7.92. The topological polar surface area (TPSA) is 80.7 Å². The molecule has 134 valence electrons. The SMILES string of the molecule is CC(CCc1ccc(COc2ccccc2)cc1)(C(=O)O)S(C)(=O)=O. The second-order valence-corrected chi connectivity index (χ2v) is 8.67. The third-order valence-electron chi connectivity index (χ3n) is 4.33. The van der Waals surface area contributed by atoms with Crippen LogP contribution in [0.5, 0.6) is 5.75 Å². The number of carbonyl (C=O) groups is 1. The quantitative estimate of drug-likeness (QED) is 0.780. The van der Waals surface area contributed by atoms with Crippen molar-refractivity contribution in [3.05, 3.63) is 65.7 Å². The third kappa shape index (κ3) is 4.82. The van der Waals surface area contributed by atoms with Crippen LogP contribution in [0.15, 0.2) is 54.6 Å². The number of hydrogen-bond acceptors (Lipinski definition) is 4. The first-order chi connectivity index (χ1) is 11.7. The molecule has 0 saturated carbocycles. The van der Waals surface area contributed by atoms with Crippen LogP contribution >= 0.6 is 0 Å². The molecule has 6 heteroatoms. The predicted molar refractivity (Wildman–Crippen MR) is 96.4 cm³/mol. The molecule has 1 atom stereocenters. The van der Waals surface area contributed by atoms with E-state index in [1.54, 1.807) is 0 Å². The fraction of sp³-hybridized carbons (Fsp3) is 0.316. The van der Waals surface area contributed by atoms with Gasteiger partial charge in [0.2, 0.25) is 0 Å². The summed E-state index contributed by atoms with van der Waals surface area (Å²) in [5.41, 5.74) is 1.87. The van der Waals surface area contributed by atoms with Crippen LogP contribution in [0.2, 0.25) is 0 Å². The molecule has 0 aliphatic carbocycles. The molecule has 1 unspecified atom stereocenters. The highest BCUT2D eigenvalue weighted by Crippen LogP contribution is 2.24. The van der Waals surface area contributed by atoms with E-state index in [4.69, 9.17) is 4.74 Å². The van der Waals surface area contributed by atoms with Gasteiger partial charge in [0.15, 0.2) is 14.6 Å². The van der Waals surface area contributed by atoms with Crippen molar-refractivity contribution in [1.29, 1.82) is 0 Å². The van der Waals surface area contributed by atoms with E-state index in [1.807, 2.05) is 54.6 Å². The predicted octanol–water partition coefficient (Wildman–Crippen LogP) is 3.09. The lowest BCUT2D eigenvalue weighted by molar-refractivity contribution is -0.139. The van der Waals surface area contributed by atoms with Gasteiger partial charge in [0.25, 0.3) is 0 Å². The number of aryl methyl sites for hydroxylation is 1. The summed E-state index contributed by atoms with van der Waals surface area (Å²) in [7, 11) is -3.70. The van der Waals surface area contributed by atoms with Crippen molar-refractivity contribution in [2.24, 2.45) is 0 Å². The van der Waals surface area contributed by atoms with Gasteiger partial charge in [-0.15, -0.1) is 0 Å². The van der Waals surface area contributed by atoms with Crippen LogP contribution in [-0.4, -0.2) is 30.5 Å². The molecule has 0 aliphatic heterocycles. The first-order valence-corrected chi connectivity index (χ1v) is 9.80. The second-order valence-electron chi connectivity index (χ2n) is 6.23. The van der Waals surface area contributed by atoms with Crippen molar-refractivity contribution in [1.82, 2.24) is 0 Å². The molecule has 2 aromatic rings. The average Bonchev–Trinajstić information content (AvgIpc) is 2.58. The summed E-state index contributed by atoms with van der Waals surface area (Å²) in [5, 5.41) is 9.27. The molecule has 5 nitrogen and oxygen atoms in total. The lowest BCUT2D eigenvalue weighted by Crippen LogP contribution is -2.43. The first kappa shape index (κ1) is 19.0. The van der Waals surface area contributed by atoms with Gasteiger partial charge in [0.05, 0.1) is 0 Å². The fourth-order valence-electron chi connectivity index (χ4n) is 2.32. The summed E-state index contributed by atoms with van der Waals surface area (Å²) >= 11 is 0. The minimum Gasteiger partial charge on any atom is -0.489 e. The molecule has 2 aromatic carbocycles. The van der Waals surface area contributed by atoms with Gasteiger partial charge in [-0.1, -0.05) is 42.5 Å². The van der Waals surface area contributed by atoms with E-state index in [0.29, 0.717) is 13.0 Å². The summed E-state index contributed by atoms with van der Waals surface area (Å²) in [4.78, 5) is 11.4. The van der Waals surface area contributed by atoms with Crippen molar-refractivity contribution >= 4 is 15.8 Å². The Morgan fingerprint density at radius 2 is 1.60 bits per heavy atom. The molecular formula is C19H22O5S. The minimum absolute atomic E-state index is 0.0288. The van der Waals surface area contributed by atoms with Crippen molar-refractivity contribution in [2.45, 2.75) is 31.1 Å². The van der Waals surface area contributed by atoms with E-state index < -0.39 is 20.6 Å². The largest absolute Gasteiger partial charge is 0.489 e. The van der Waals surface area contributed by atoms with Crippen LogP contribution in [0.25, 0.3) is 0 Å². The number of sulfone groups is 1. The molecule has 0 bridgehead atoms. The van der Waals surface area contributed by atoms with Crippen LogP contribution < -0.4 is 4.74 Å². The Kier molecular flexibility index (Phi) is 5.85. The van der Waals surface area contributed by atoms with Gasteiger partial charge in [0.1, 0.15) is 12.4 Å². The van der Waals surface area contributed by atoms with E-state index >= 15 is 0 Å². The van der Waals surface area contributed by atoms with Gasteiger partial charge in [0, 0.05) is 6.26 Å². The maximum Gasteiger partial charge on any atom is 0.324 e. The van der Waals surface area contributed by atoms with E-state index in [9.17, 15) is 18.3 Å². The molecule has 2 rings (SSSR count). The molecule has 0 amide bonds. The average molecular weight is 362 g/mol. The molecule has 0 spiro atoms. The van der Waals surface area contributed by atoms with Gasteiger partial charge in [-0.3, -0.25) is 4.79 Å². The maximum absolute atomic E-state index is 11.8. The van der Waals surface area contributed by atoms with Crippen molar-refractivity contribution in [3.63, 3.8) is 0 Å². The molecule has 0 fully saturated rings. The van der Waals surface area contributed by atoms with Gasteiger partial charge in [-0.25, -0.2) is 8.42 Å². The monoisotopic (exact) mass is 362 g/mol. The number of ether oxygens (including phenoxy) is 1. The lowest BCUT2D eigenvalue weighted by atomic mass is 9.99. The molecule has 1 N–H and O–H groups in total. The zero-order valence-electron chi connectivity index (χ0n) is 14.3. The van der Waals surface area contributed by atoms with Crippen molar-refractivity contribution in [3.8, 4) is 5.75 Å². The van der Waals surface area contributed by atoms with Gasteiger partial charge < -0.3 is 9.84 Å². The maximum atomic E-state index is 11.8. The Hall–Kier alpha value is -2.34. The van der Waals surface area contributed by atoms with Gasteiger partial charge in [-0.05, 0) is 43.0 Å². The summed E-state index contributed by atoms with van der Waals surface area (Å²) in [6, 6.07) is 17.0. The number of carboxylic acids is 1. The van der Waals surface area contributed by atoms with Crippen LogP contribution in [0.4, 0.5) is 0 Å². The van der Waals surface area contributed by atoms with Crippen LogP contribution in [0.1, 0.15) is 24.5 Å². The Bertz CT molecular complexity index is 813. The van der Waals surface area contributed by atoms with E-state index in [1.165, 1.54) is 6.92 Å². The molecule has 0 saturated heterocycles. The number of carboxylic acid groups (broad SMARTS) is 1. The normalized spacial score (nSPS) is 13.8. The van der Waals surface area contributed by atoms with Crippen molar-refractivity contribution < 1.29 is 23.1 Å². The molecule has 0 heterocycles. The number of para-hydroxylation sites is 1. The van der Waals surface area contributed by atoms with Crippen LogP contribution in [0.3, 0.4) is 0 Å².